The lowest BCUT2D eigenvalue weighted by molar-refractivity contribution is -0.125. The van der Waals surface area contributed by atoms with Gasteiger partial charge in [-0.2, -0.15) is 0 Å². The molecule has 0 heterocycles. The molecule has 23 heavy (non-hydrogen) atoms. The number of hydrogen-bond acceptors (Lipinski definition) is 2. The average Bonchev–Trinajstić information content (AvgIpc) is 3.41. The topological polar surface area (TPSA) is 20.3 Å². The molecule has 1 fully saturated rings. The molecule has 2 nitrogen and oxygen atoms in total. The fraction of sp³-hybridized carbons (Fsp3) is 0.350. The van der Waals surface area contributed by atoms with Gasteiger partial charge in [0.2, 0.25) is 0 Å². The fourth-order valence-electron chi connectivity index (χ4n) is 2.81. The van der Waals surface area contributed by atoms with Gasteiger partial charge in [-0.1, -0.05) is 60.7 Å². The van der Waals surface area contributed by atoms with Crippen LogP contribution in [0.3, 0.4) is 0 Å². The second kappa shape index (κ2) is 7.51. The van der Waals surface area contributed by atoms with E-state index in [2.05, 4.69) is 0 Å². The van der Waals surface area contributed by atoms with E-state index in [1.807, 2.05) is 65.6 Å². The average molecular weight is 311 g/mol. The minimum atomic E-state index is -1.38. The van der Waals surface area contributed by atoms with Crippen molar-refractivity contribution in [3.8, 4) is 0 Å². The molecule has 0 saturated heterocycles. The van der Waals surface area contributed by atoms with Gasteiger partial charge in [-0.25, -0.2) is 4.39 Å². The molecule has 0 bridgehead atoms. The molecule has 0 aliphatic heterocycles. The SMILES string of the molecule is O=C(C1CC1)[C@H](F)CN(Cc1ccccc1)Cc1ccccc1. The summed E-state index contributed by atoms with van der Waals surface area (Å²) in [6.07, 6.45) is 0.336. The summed E-state index contributed by atoms with van der Waals surface area (Å²) >= 11 is 0. The van der Waals surface area contributed by atoms with Gasteiger partial charge < -0.3 is 0 Å². The summed E-state index contributed by atoms with van der Waals surface area (Å²) < 4.78 is 14.4. The van der Waals surface area contributed by atoms with E-state index in [0.717, 1.165) is 24.0 Å². The first-order chi connectivity index (χ1) is 11.2. The Bertz CT molecular complexity index is 583. The number of nitrogens with zero attached hydrogens (tertiary/aromatic N) is 1. The highest BCUT2D eigenvalue weighted by Crippen LogP contribution is 2.31. The molecule has 3 heteroatoms. The second-order valence-electron chi connectivity index (χ2n) is 6.28. The highest BCUT2D eigenvalue weighted by molar-refractivity contribution is 5.87. The molecule has 1 saturated carbocycles. The van der Waals surface area contributed by atoms with Crippen LogP contribution in [0.4, 0.5) is 4.39 Å². The van der Waals surface area contributed by atoms with Crippen LogP contribution >= 0.6 is 0 Å². The minimum absolute atomic E-state index is 0.0275. The Morgan fingerprint density at radius 1 is 0.957 bits per heavy atom. The molecule has 0 unspecified atom stereocenters. The van der Waals surface area contributed by atoms with E-state index < -0.39 is 6.17 Å². The Labute approximate surface area is 136 Å². The first-order valence-corrected chi connectivity index (χ1v) is 8.20. The number of ketones is 1. The van der Waals surface area contributed by atoms with Crippen molar-refractivity contribution in [1.82, 2.24) is 4.90 Å². The lowest BCUT2D eigenvalue weighted by Gasteiger charge is -2.24. The molecule has 1 aliphatic rings. The maximum atomic E-state index is 14.4. The Balaban J connectivity index is 1.68. The zero-order valence-corrected chi connectivity index (χ0v) is 13.2. The zero-order chi connectivity index (χ0) is 16.1. The summed E-state index contributed by atoms with van der Waals surface area (Å²) in [4.78, 5) is 14.0. The number of benzene rings is 2. The number of rotatable bonds is 8. The summed E-state index contributed by atoms with van der Waals surface area (Å²) in [5, 5.41) is 0. The quantitative estimate of drug-likeness (QED) is 0.734. The molecule has 1 atom stereocenters. The van der Waals surface area contributed by atoms with Crippen molar-refractivity contribution in [3.05, 3.63) is 71.8 Å². The monoisotopic (exact) mass is 311 g/mol. The van der Waals surface area contributed by atoms with Crippen LogP contribution < -0.4 is 0 Å². The molecule has 3 rings (SSSR count). The molecule has 120 valence electrons. The molecule has 2 aromatic carbocycles. The van der Waals surface area contributed by atoms with Crippen molar-refractivity contribution in [2.45, 2.75) is 32.1 Å². The van der Waals surface area contributed by atoms with Gasteiger partial charge in [-0.15, -0.1) is 0 Å². The van der Waals surface area contributed by atoms with Crippen LogP contribution in [0.5, 0.6) is 0 Å². The van der Waals surface area contributed by atoms with Gasteiger partial charge in [0, 0.05) is 25.6 Å². The van der Waals surface area contributed by atoms with Gasteiger partial charge in [-0.05, 0) is 24.0 Å². The molecule has 0 N–H and O–H groups in total. The number of halogens is 1. The van der Waals surface area contributed by atoms with E-state index in [1.54, 1.807) is 0 Å². The number of alkyl halides is 1. The van der Waals surface area contributed by atoms with Crippen LogP contribution in [0.25, 0.3) is 0 Å². The summed E-state index contributed by atoms with van der Waals surface area (Å²) in [6, 6.07) is 20.0. The van der Waals surface area contributed by atoms with Crippen LogP contribution in [-0.2, 0) is 17.9 Å². The lowest BCUT2D eigenvalue weighted by atomic mass is 10.1. The van der Waals surface area contributed by atoms with Crippen LogP contribution in [0, 0.1) is 5.92 Å². The first-order valence-electron chi connectivity index (χ1n) is 8.20. The highest BCUT2D eigenvalue weighted by atomic mass is 19.1. The molecule has 0 spiro atoms. The molecular formula is C20H22FNO. The van der Waals surface area contributed by atoms with Crippen LogP contribution in [-0.4, -0.2) is 23.4 Å². The standard InChI is InChI=1S/C20H22FNO/c21-19(20(23)18-11-12-18)15-22(13-16-7-3-1-4-8-16)14-17-9-5-2-6-10-17/h1-10,18-19H,11-15H2/t19-/m1/s1. The molecule has 2 aromatic rings. The van der Waals surface area contributed by atoms with Crippen LogP contribution in [0.15, 0.2) is 60.7 Å². The van der Waals surface area contributed by atoms with Crippen molar-refractivity contribution >= 4 is 5.78 Å². The highest BCUT2D eigenvalue weighted by Gasteiger charge is 2.35. The first kappa shape index (κ1) is 15.9. The number of Topliss-reactive ketones (excluding diaryl/α,β-unsaturated/α-hetero) is 1. The lowest BCUT2D eigenvalue weighted by Crippen LogP contribution is -2.34. The maximum absolute atomic E-state index is 14.4. The minimum Gasteiger partial charge on any atom is -0.296 e. The zero-order valence-electron chi connectivity index (χ0n) is 13.2. The molecule has 0 amide bonds. The van der Waals surface area contributed by atoms with Gasteiger partial charge in [0.1, 0.15) is 0 Å². The third-order valence-corrected chi connectivity index (χ3v) is 4.20. The van der Waals surface area contributed by atoms with Gasteiger partial charge >= 0.3 is 0 Å². The molecule has 1 aliphatic carbocycles. The number of carbonyl (C=O) groups excluding carboxylic acids is 1. The van der Waals surface area contributed by atoms with Gasteiger partial charge in [0.05, 0.1) is 0 Å². The molecule has 0 aromatic heterocycles. The largest absolute Gasteiger partial charge is 0.296 e. The molecule has 0 radical (unpaired) electrons. The third-order valence-electron chi connectivity index (χ3n) is 4.20. The Kier molecular flexibility index (Phi) is 5.19. The smallest absolute Gasteiger partial charge is 0.171 e. The Hall–Kier alpha value is -2.00. The van der Waals surface area contributed by atoms with E-state index in [1.165, 1.54) is 0 Å². The Morgan fingerprint density at radius 3 is 1.87 bits per heavy atom. The van der Waals surface area contributed by atoms with E-state index in [0.29, 0.717) is 13.1 Å². The van der Waals surface area contributed by atoms with Gasteiger partial charge in [0.25, 0.3) is 0 Å². The van der Waals surface area contributed by atoms with Gasteiger partial charge in [-0.3, -0.25) is 9.69 Å². The summed E-state index contributed by atoms with van der Waals surface area (Å²) in [6.45, 7) is 1.46. The van der Waals surface area contributed by atoms with E-state index >= 15 is 0 Å². The van der Waals surface area contributed by atoms with Crippen LogP contribution in [0.2, 0.25) is 0 Å². The van der Waals surface area contributed by atoms with Crippen molar-refractivity contribution in [2.75, 3.05) is 6.54 Å². The summed E-state index contributed by atoms with van der Waals surface area (Å²) in [5.41, 5.74) is 2.27. The predicted octanol–water partition coefficient (Wildman–Crippen LogP) is 4.01. The summed E-state index contributed by atoms with van der Waals surface area (Å²) in [5.74, 6) is -0.239. The van der Waals surface area contributed by atoms with Crippen molar-refractivity contribution < 1.29 is 9.18 Å². The number of hydrogen-bond donors (Lipinski definition) is 0. The Morgan fingerprint density at radius 2 is 1.43 bits per heavy atom. The maximum Gasteiger partial charge on any atom is 0.171 e. The summed E-state index contributed by atoms with van der Waals surface area (Å²) in [7, 11) is 0. The molecular weight excluding hydrogens is 289 g/mol. The van der Waals surface area contributed by atoms with Crippen molar-refractivity contribution in [1.29, 1.82) is 0 Å². The van der Waals surface area contributed by atoms with Crippen molar-refractivity contribution in [3.63, 3.8) is 0 Å². The van der Waals surface area contributed by atoms with Crippen LogP contribution in [0.1, 0.15) is 24.0 Å². The normalized spacial score (nSPS) is 15.6. The van der Waals surface area contributed by atoms with Gasteiger partial charge in [0.15, 0.2) is 12.0 Å². The predicted molar refractivity (Wildman–Crippen MR) is 89.6 cm³/mol. The van der Waals surface area contributed by atoms with E-state index in [-0.39, 0.29) is 18.2 Å². The second-order valence-corrected chi connectivity index (χ2v) is 6.28. The van der Waals surface area contributed by atoms with E-state index in [4.69, 9.17) is 0 Å². The van der Waals surface area contributed by atoms with Crippen molar-refractivity contribution in [2.24, 2.45) is 5.92 Å². The third kappa shape index (κ3) is 4.73. The number of carbonyl (C=O) groups is 1. The fourth-order valence-corrected chi connectivity index (χ4v) is 2.81. The van der Waals surface area contributed by atoms with E-state index in [9.17, 15) is 9.18 Å².